The summed E-state index contributed by atoms with van der Waals surface area (Å²) in [4.78, 5) is 14.5. The Labute approximate surface area is 185 Å². The van der Waals surface area contributed by atoms with Crippen molar-refractivity contribution in [1.82, 2.24) is 4.83 Å². The highest BCUT2D eigenvalue weighted by Crippen LogP contribution is 2.26. The first kappa shape index (κ1) is 22.3. The fraction of sp³-hybridized carbons (Fsp3) is 0.0909. The number of carbonyl (C=O) groups is 1. The van der Waals surface area contributed by atoms with E-state index in [2.05, 4.69) is 9.93 Å². The summed E-state index contributed by atoms with van der Waals surface area (Å²) in [7, 11) is -2.24. The van der Waals surface area contributed by atoms with E-state index in [1.54, 1.807) is 42.5 Å². The molecule has 0 saturated carbocycles. The zero-order valence-electron chi connectivity index (χ0n) is 16.7. The number of hydrogen-bond donors (Lipinski definition) is 1. The van der Waals surface area contributed by atoms with Gasteiger partial charge in [0.25, 0.3) is 10.0 Å². The van der Waals surface area contributed by atoms with E-state index in [9.17, 15) is 13.2 Å². The van der Waals surface area contributed by atoms with Crippen LogP contribution in [0.3, 0.4) is 0 Å². The molecule has 160 valence electrons. The summed E-state index contributed by atoms with van der Waals surface area (Å²) in [6.07, 6.45) is 1.30. The van der Waals surface area contributed by atoms with E-state index < -0.39 is 16.0 Å². The average molecular weight is 459 g/mol. The fourth-order valence-electron chi connectivity index (χ4n) is 2.51. The summed E-state index contributed by atoms with van der Waals surface area (Å²) in [6.45, 7) is 1.86. The number of nitrogens with zero attached hydrogens (tertiary/aromatic N) is 1. The summed E-state index contributed by atoms with van der Waals surface area (Å²) < 4.78 is 34.8. The van der Waals surface area contributed by atoms with Crippen molar-refractivity contribution in [2.75, 3.05) is 7.11 Å². The minimum Gasteiger partial charge on any atom is -0.497 e. The molecule has 0 saturated heterocycles. The van der Waals surface area contributed by atoms with Gasteiger partial charge in [0.1, 0.15) is 11.5 Å². The third-order valence-electron chi connectivity index (χ3n) is 4.20. The number of hydrogen-bond acceptors (Lipinski definition) is 6. The van der Waals surface area contributed by atoms with Crippen molar-refractivity contribution in [2.45, 2.75) is 11.8 Å². The highest BCUT2D eigenvalue weighted by Gasteiger charge is 2.13. The van der Waals surface area contributed by atoms with Gasteiger partial charge in [-0.3, -0.25) is 0 Å². The van der Waals surface area contributed by atoms with Crippen molar-refractivity contribution in [3.05, 3.63) is 88.4 Å². The first-order valence-corrected chi connectivity index (χ1v) is 10.9. The second-order valence-electron chi connectivity index (χ2n) is 6.47. The van der Waals surface area contributed by atoms with Crippen LogP contribution in [0.2, 0.25) is 5.02 Å². The Morgan fingerprint density at radius 3 is 2.32 bits per heavy atom. The number of halogens is 1. The fourth-order valence-corrected chi connectivity index (χ4v) is 3.53. The van der Waals surface area contributed by atoms with Crippen molar-refractivity contribution < 1.29 is 22.7 Å². The summed E-state index contributed by atoms with van der Waals surface area (Å²) in [6, 6.07) is 17.4. The van der Waals surface area contributed by atoms with Crippen molar-refractivity contribution in [1.29, 1.82) is 0 Å². The van der Waals surface area contributed by atoms with Crippen molar-refractivity contribution >= 4 is 33.8 Å². The normalized spacial score (nSPS) is 11.3. The molecule has 0 aliphatic carbocycles. The largest absolute Gasteiger partial charge is 0.497 e. The molecule has 0 fully saturated rings. The Hall–Kier alpha value is -3.36. The Balaban J connectivity index is 1.65. The lowest BCUT2D eigenvalue weighted by Gasteiger charge is -2.08. The Morgan fingerprint density at radius 2 is 1.71 bits per heavy atom. The number of methoxy groups -OCH3 is 1. The van der Waals surface area contributed by atoms with Gasteiger partial charge in [0.15, 0.2) is 0 Å². The number of sulfonamides is 1. The quantitative estimate of drug-likeness (QED) is 0.248. The molecule has 0 spiro atoms. The molecule has 0 radical (unpaired) electrons. The minimum atomic E-state index is -3.78. The highest BCUT2D eigenvalue weighted by atomic mass is 35.5. The number of nitrogens with one attached hydrogen (secondary N) is 1. The maximum absolute atomic E-state index is 12.3. The Bertz CT molecular complexity index is 1210. The Kier molecular flexibility index (Phi) is 6.94. The molecule has 31 heavy (non-hydrogen) atoms. The molecule has 0 heterocycles. The van der Waals surface area contributed by atoms with Crippen LogP contribution in [0.1, 0.15) is 21.5 Å². The van der Waals surface area contributed by atoms with Gasteiger partial charge in [0.2, 0.25) is 0 Å². The van der Waals surface area contributed by atoms with Crippen LogP contribution >= 0.6 is 11.6 Å². The van der Waals surface area contributed by atoms with Crippen LogP contribution in [0.5, 0.6) is 11.5 Å². The van der Waals surface area contributed by atoms with Gasteiger partial charge in [-0.2, -0.15) is 13.5 Å². The van der Waals surface area contributed by atoms with Gasteiger partial charge < -0.3 is 9.47 Å². The third-order valence-corrected chi connectivity index (χ3v) is 5.74. The monoisotopic (exact) mass is 458 g/mol. The lowest BCUT2D eigenvalue weighted by Crippen LogP contribution is -2.18. The van der Waals surface area contributed by atoms with Crippen LogP contribution in [0.4, 0.5) is 0 Å². The lowest BCUT2D eigenvalue weighted by atomic mass is 10.2. The Morgan fingerprint density at radius 1 is 1.03 bits per heavy atom. The van der Waals surface area contributed by atoms with Crippen molar-refractivity contribution in [2.24, 2.45) is 5.10 Å². The van der Waals surface area contributed by atoms with E-state index in [1.165, 1.54) is 37.6 Å². The van der Waals surface area contributed by atoms with Gasteiger partial charge in [-0.05, 0) is 67.1 Å². The van der Waals surface area contributed by atoms with E-state index in [1.807, 2.05) is 6.92 Å². The predicted molar refractivity (Wildman–Crippen MR) is 118 cm³/mol. The number of esters is 1. The van der Waals surface area contributed by atoms with Crippen LogP contribution in [0, 0.1) is 6.92 Å². The molecule has 7 nitrogen and oxygen atoms in total. The molecule has 0 amide bonds. The zero-order chi connectivity index (χ0) is 22.4. The molecular formula is C22H19ClN2O5S. The van der Waals surface area contributed by atoms with Crippen LogP contribution in [-0.4, -0.2) is 27.7 Å². The summed E-state index contributed by atoms with van der Waals surface area (Å²) >= 11 is 6.19. The van der Waals surface area contributed by atoms with Gasteiger partial charge in [-0.15, -0.1) is 0 Å². The number of aryl methyl sites for hydroxylation is 1. The van der Waals surface area contributed by atoms with Gasteiger partial charge >= 0.3 is 5.97 Å². The standard InChI is InChI=1S/C22H19ClN2O5S/c1-15-3-10-19(11-4-15)31(27,28)25-24-14-16-5-12-21(20(23)13-16)30-22(26)17-6-8-18(29-2)9-7-17/h3-14,25H,1-2H3/b24-14+. The van der Waals surface area contributed by atoms with Crippen molar-refractivity contribution in [3.8, 4) is 11.5 Å². The van der Waals surface area contributed by atoms with E-state index in [-0.39, 0.29) is 15.7 Å². The van der Waals surface area contributed by atoms with Crippen LogP contribution < -0.4 is 14.3 Å². The maximum atomic E-state index is 12.3. The summed E-state index contributed by atoms with van der Waals surface area (Å²) in [5.41, 5.74) is 1.80. The topological polar surface area (TPSA) is 94.1 Å². The van der Waals surface area contributed by atoms with Crippen molar-refractivity contribution in [3.63, 3.8) is 0 Å². The highest BCUT2D eigenvalue weighted by molar-refractivity contribution is 7.89. The van der Waals surface area contributed by atoms with Crippen LogP contribution in [0.25, 0.3) is 0 Å². The van der Waals surface area contributed by atoms with Gasteiger partial charge in [-0.25, -0.2) is 9.63 Å². The molecule has 0 atom stereocenters. The van der Waals surface area contributed by atoms with E-state index in [4.69, 9.17) is 21.1 Å². The smallest absolute Gasteiger partial charge is 0.343 e. The van der Waals surface area contributed by atoms with Gasteiger partial charge in [-0.1, -0.05) is 29.3 Å². The molecule has 1 N–H and O–H groups in total. The lowest BCUT2D eigenvalue weighted by molar-refractivity contribution is 0.0735. The molecule has 0 aliphatic rings. The predicted octanol–water partition coefficient (Wildman–Crippen LogP) is 4.19. The number of benzene rings is 3. The number of ether oxygens (including phenoxy) is 2. The second kappa shape index (κ2) is 9.63. The molecule has 0 unspecified atom stereocenters. The molecule has 9 heteroatoms. The number of carbonyl (C=O) groups excluding carboxylic acids is 1. The number of hydrazone groups is 1. The average Bonchev–Trinajstić information content (AvgIpc) is 2.76. The van der Waals surface area contributed by atoms with E-state index >= 15 is 0 Å². The molecule has 3 aromatic rings. The minimum absolute atomic E-state index is 0.106. The number of rotatable bonds is 7. The van der Waals surface area contributed by atoms with Gasteiger partial charge in [0, 0.05) is 0 Å². The first-order valence-electron chi connectivity index (χ1n) is 9.06. The van der Waals surface area contributed by atoms with E-state index in [0.717, 1.165) is 5.56 Å². The first-order chi connectivity index (χ1) is 14.8. The molecule has 0 aromatic heterocycles. The molecule has 0 bridgehead atoms. The summed E-state index contributed by atoms with van der Waals surface area (Å²) in [5, 5.41) is 3.94. The SMILES string of the molecule is COc1ccc(C(=O)Oc2ccc(/C=N/NS(=O)(=O)c3ccc(C)cc3)cc2Cl)cc1. The zero-order valence-corrected chi connectivity index (χ0v) is 18.3. The molecule has 3 aromatic carbocycles. The third kappa shape index (κ3) is 5.84. The molecule has 0 aliphatic heterocycles. The van der Waals surface area contributed by atoms with Crippen LogP contribution in [-0.2, 0) is 10.0 Å². The maximum Gasteiger partial charge on any atom is 0.343 e. The van der Waals surface area contributed by atoms with E-state index in [0.29, 0.717) is 16.9 Å². The molecular weight excluding hydrogens is 440 g/mol. The van der Waals surface area contributed by atoms with Crippen LogP contribution in [0.15, 0.2) is 76.7 Å². The molecule has 3 rings (SSSR count). The summed E-state index contributed by atoms with van der Waals surface area (Å²) in [5.74, 6) is 0.216. The second-order valence-corrected chi connectivity index (χ2v) is 8.54. The van der Waals surface area contributed by atoms with Gasteiger partial charge in [0.05, 0.1) is 28.8 Å².